The molecule has 0 aromatic carbocycles. The molecule has 5 nitrogen and oxygen atoms in total. The third-order valence-electron chi connectivity index (χ3n) is 6.16. The summed E-state index contributed by atoms with van der Waals surface area (Å²) < 4.78 is 36.0. The van der Waals surface area contributed by atoms with Crippen LogP contribution in [0.15, 0.2) is 51.6 Å². The van der Waals surface area contributed by atoms with E-state index >= 15 is 4.39 Å². The largest absolute Gasteiger partial charge is 0.378 e. The molecule has 2 unspecified atom stereocenters. The molecular formula is C23H25F2N3O2S. The van der Waals surface area contributed by atoms with Gasteiger partial charge >= 0.3 is 0 Å². The van der Waals surface area contributed by atoms with E-state index in [-0.39, 0.29) is 23.7 Å². The van der Waals surface area contributed by atoms with Crippen LogP contribution in [-0.4, -0.2) is 46.9 Å². The standard InChI is InChI=1S/C23H25F2N3O2S/c1-14-8-23(29)28(16-2-3-21(20(25)11-16)27-4-6-30-7-5-27)22(26-14)13-31-17-9-15-10-18(15)19(24)12-17/h2-3,8-9,12,15,18,20H,4-7,10-11,13H2,1H3/t15-,18?,20?/m1/s1. The highest BCUT2D eigenvalue weighted by molar-refractivity contribution is 8.02. The van der Waals surface area contributed by atoms with Crippen LogP contribution in [0.2, 0.25) is 0 Å². The van der Waals surface area contributed by atoms with Crippen LogP contribution in [0.3, 0.4) is 0 Å². The Morgan fingerprint density at radius 1 is 1.29 bits per heavy atom. The maximum atomic E-state index is 15.1. The number of alkyl halides is 1. The molecule has 1 saturated heterocycles. The van der Waals surface area contributed by atoms with Crippen LogP contribution in [-0.2, 0) is 10.5 Å². The number of nitrogens with zero attached hydrogens (tertiary/aromatic N) is 3. The highest BCUT2D eigenvalue weighted by Crippen LogP contribution is 2.50. The Hall–Kier alpha value is -2.19. The summed E-state index contributed by atoms with van der Waals surface area (Å²) in [5.74, 6) is 1.29. The molecule has 1 aliphatic heterocycles. The second-order valence-corrected chi connectivity index (χ2v) is 9.45. The topological polar surface area (TPSA) is 47.4 Å². The Labute approximate surface area is 184 Å². The van der Waals surface area contributed by atoms with E-state index in [1.54, 1.807) is 19.1 Å². The molecule has 1 aromatic rings. The van der Waals surface area contributed by atoms with Crippen molar-refractivity contribution in [2.24, 2.45) is 11.8 Å². The fraction of sp³-hybridized carbons (Fsp3) is 0.478. The van der Waals surface area contributed by atoms with Crippen LogP contribution < -0.4 is 5.56 Å². The van der Waals surface area contributed by atoms with Crippen molar-refractivity contribution in [3.63, 3.8) is 0 Å². The smallest absolute Gasteiger partial charge is 0.258 e. The van der Waals surface area contributed by atoms with Gasteiger partial charge in [-0.05, 0) is 37.5 Å². The second-order valence-electron chi connectivity index (χ2n) is 8.40. The molecule has 0 bridgehead atoms. The Bertz CT molecular complexity index is 1070. The molecule has 2 heterocycles. The summed E-state index contributed by atoms with van der Waals surface area (Å²) in [6, 6.07) is 1.47. The van der Waals surface area contributed by atoms with Crippen molar-refractivity contribution in [1.82, 2.24) is 14.5 Å². The van der Waals surface area contributed by atoms with Gasteiger partial charge in [0.25, 0.3) is 5.56 Å². The first-order valence-corrected chi connectivity index (χ1v) is 11.7. The predicted octanol–water partition coefficient (Wildman–Crippen LogP) is 3.97. The normalized spacial score (nSPS) is 27.7. The minimum Gasteiger partial charge on any atom is -0.378 e. The number of fused-ring (bicyclic) bond motifs is 1. The maximum Gasteiger partial charge on any atom is 0.258 e. The van der Waals surface area contributed by atoms with Gasteiger partial charge in [-0.1, -0.05) is 6.08 Å². The van der Waals surface area contributed by atoms with Crippen molar-refractivity contribution in [3.8, 4) is 0 Å². The average molecular weight is 446 g/mol. The van der Waals surface area contributed by atoms with Gasteiger partial charge in [0.05, 0.1) is 19.0 Å². The van der Waals surface area contributed by atoms with Gasteiger partial charge in [-0.25, -0.2) is 13.8 Å². The van der Waals surface area contributed by atoms with E-state index in [0.29, 0.717) is 60.9 Å². The summed E-state index contributed by atoms with van der Waals surface area (Å²) in [7, 11) is 0. The Morgan fingerprint density at radius 2 is 2.10 bits per heavy atom. The van der Waals surface area contributed by atoms with Crippen LogP contribution >= 0.6 is 11.8 Å². The number of aromatic nitrogens is 2. The Morgan fingerprint density at radius 3 is 2.84 bits per heavy atom. The van der Waals surface area contributed by atoms with Crippen LogP contribution in [0.5, 0.6) is 0 Å². The lowest BCUT2D eigenvalue weighted by Crippen LogP contribution is -2.39. The summed E-state index contributed by atoms with van der Waals surface area (Å²) in [6.45, 7) is 4.30. The highest BCUT2D eigenvalue weighted by atomic mass is 32.2. The van der Waals surface area contributed by atoms with Crippen molar-refractivity contribution in [1.29, 1.82) is 0 Å². The SMILES string of the molecule is Cc1cc(=O)n(C2=CC=C(N3CCOCC3)C(F)C2)c(CSC2=C[C@@H]3CC3C(F)=C2)n1. The zero-order valence-electron chi connectivity index (χ0n) is 17.4. The second kappa shape index (κ2) is 8.39. The molecule has 0 radical (unpaired) electrons. The van der Waals surface area contributed by atoms with E-state index in [1.165, 1.54) is 22.4 Å². The molecule has 0 N–H and O–H groups in total. The van der Waals surface area contributed by atoms with Gasteiger partial charge in [-0.15, -0.1) is 11.8 Å². The quantitative estimate of drug-likeness (QED) is 0.686. The number of allylic oxidation sites excluding steroid dienone is 7. The van der Waals surface area contributed by atoms with Crippen molar-refractivity contribution in [2.45, 2.75) is 31.7 Å². The summed E-state index contributed by atoms with van der Waals surface area (Å²) in [5, 5.41) is 0. The molecule has 31 heavy (non-hydrogen) atoms. The monoisotopic (exact) mass is 445 g/mol. The first-order valence-electron chi connectivity index (χ1n) is 10.7. The molecule has 1 aromatic heterocycles. The lowest BCUT2D eigenvalue weighted by Gasteiger charge is -2.34. The molecule has 5 rings (SSSR count). The van der Waals surface area contributed by atoms with E-state index in [1.807, 2.05) is 11.0 Å². The molecule has 3 aliphatic carbocycles. The number of aryl methyl sites for hydroxylation is 1. The summed E-state index contributed by atoms with van der Waals surface area (Å²) in [5.41, 5.74) is 1.64. The molecule has 164 valence electrons. The van der Waals surface area contributed by atoms with E-state index in [4.69, 9.17) is 4.74 Å². The van der Waals surface area contributed by atoms with Crippen LogP contribution in [0.4, 0.5) is 8.78 Å². The molecular weight excluding hydrogens is 420 g/mol. The van der Waals surface area contributed by atoms with Gasteiger partial charge < -0.3 is 9.64 Å². The maximum absolute atomic E-state index is 15.1. The van der Waals surface area contributed by atoms with E-state index in [0.717, 1.165) is 11.3 Å². The average Bonchev–Trinajstić information content (AvgIpc) is 3.53. The number of rotatable bonds is 5. The van der Waals surface area contributed by atoms with Gasteiger partial charge in [0.2, 0.25) is 0 Å². The summed E-state index contributed by atoms with van der Waals surface area (Å²) >= 11 is 1.47. The van der Waals surface area contributed by atoms with Crippen molar-refractivity contribution in [2.75, 3.05) is 26.3 Å². The minimum atomic E-state index is -1.18. The number of ether oxygens (including phenoxy) is 1. The van der Waals surface area contributed by atoms with Gasteiger partial charge in [0.15, 0.2) is 0 Å². The van der Waals surface area contributed by atoms with Crippen LogP contribution in [0, 0.1) is 18.8 Å². The van der Waals surface area contributed by atoms with Crippen molar-refractivity contribution >= 4 is 17.5 Å². The minimum absolute atomic E-state index is 0.0550. The molecule has 3 atom stereocenters. The molecule has 0 spiro atoms. The fourth-order valence-electron chi connectivity index (χ4n) is 4.45. The summed E-state index contributed by atoms with van der Waals surface area (Å²) in [4.78, 5) is 20.3. The zero-order chi connectivity index (χ0) is 21.5. The number of halogens is 2. The molecule has 1 saturated carbocycles. The zero-order valence-corrected chi connectivity index (χ0v) is 18.2. The fourth-order valence-corrected chi connectivity index (χ4v) is 5.41. The Kier molecular flexibility index (Phi) is 5.60. The number of thioether (sulfide) groups is 1. The van der Waals surface area contributed by atoms with Crippen LogP contribution in [0.25, 0.3) is 5.70 Å². The van der Waals surface area contributed by atoms with Crippen molar-refractivity contribution in [3.05, 3.63) is 68.7 Å². The first-order chi connectivity index (χ1) is 15.0. The number of hydrogen-bond donors (Lipinski definition) is 0. The molecule has 0 amide bonds. The molecule has 4 aliphatic rings. The lowest BCUT2D eigenvalue weighted by molar-refractivity contribution is 0.0464. The number of morpholine rings is 1. The van der Waals surface area contributed by atoms with Gasteiger partial charge in [0, 0.05) is 53.5 Å². The third-order valence-corrected chi connectivity index (χ3v) is 7.15. The third kappa shape index (κ3) is 4.28. The van der Waals surface area contributed by atoms with Gasteiger partial charge in [-0.2, -0.15) is 0 Å². The van der Waals surface area contributed by atoms with Gasteiger partial charge in [-0.3, -0.25) is 9.36 Å². The van der Waals surface area contributed by atoms with E-state index in [9.17, 15) is 9.18 Å². The van der Waals surface area contributed by atoms with E-state index < -0.39 is 6.17 Å². The van der Waals surface area contributed by atoms with E-state index in [2.05, 4.69) is 11.1 Å². The predicted molar refractivity (Wildman–Crippen MR) is 118 cm³/mol. The van der Waals surface area contributed by atoms with Crippen LogP contribution in [0.1, 0.15) is 24.4 Å². The highest BCUT2D eigenvalue weighted by Gasteiger charge is 2.41. The molecule has 8 heteroatoms. The lowest BCUT2D eigenvalue weighted by atomic mass is 10.0. The Balaban J connectivity index is 1.41. The van der Waals surface area contributed by atoms with Gasteiger partial charge in [0.1, 0.15) is 17.8 Å². The summed E-state index contributed by atoms with van der Waals surface area (Å²) in [6.07, 6.45) is 7.10. The number of hydrogen-bond acceptors (Lipinski definition) is 5. The molecule has 2 fully saturated rings. The first kappa shape index (κ1) is 20.7. The van der Waals surface area contributed by atoms with Crippen molar-refractivity contribution < 1.29 is 13.5 Å².